The summed E-state index contributed by atoms with van der Waals surface area (Å²) >= 11 is 0. The molecule has 0 bridgehead atoms. The van der Waals surface area contributed by atoms with Crippen LogP contribution < -0.4 is 16.8 Å². The third-order valence-corrected chi connectivity index (χ3v) is 3.22. The van der Waals surface area contributed by atoms with Gasteiger partial charge in [0, 0.05) is 24.2 Å². The Morgan fingerprint density at radius 3 is 2.79 bits per heavy atom. The minimum Gasteiger partial charge on any atom is -0.393 e. The number of benzene rings is 1. The number of nitrogens with one attached hydrogen (secondary N) is 1. The zero-order valence-corrected chi connectivity index (χ0v) is 10.3. The molecule has 102 valence electrons. The van der Waals surface area contributed by atoms with Crippen LogP contribution in [-0.4, -0.2) is 23.4 Å². The molecule has 1 fully saturated rings. The van der Waals surface area contributed by atoms with Gasteiger partial charge in [-0.2, -0.15) is 0 Å². The molecule has 0 heterocycles. The standard InChI is InChI=1S/C12H16N4O3/c13-9-4-3-8(5-11(9)16(18)19)12(17)15-6-10(14)7-1-2-7/h3-5,7,10H,1-2,6,13-14H2,(H,15,17). The predicted octanol–water partition coefficient (Wildman–Crippen LogP) is 0.644. The number of carbonyl (C=O) groups excluding carboxylic acids is 1. The number of carbonyl (C=O) groups is 1. The zero-order chi connectivity index (χ0) is 14.0. The molecule has 1 saturated carbocycles. The first-order chi connectivity index (χ1) is 8.99. The highest BCUT2D eigenvalue weighted by Gasteiger charge is 2.28. The van der Waals surface area contributed by atoms with E-state index in [2.05, 4.69) is 5.32 Å². The molecule has 0 aromatic heterocycles. The molecule has 1 aliphatic carbocycles. The van der Waals surface area contributed by atoms with E-state index in [1.807, 2.05) is 0 Å². The largest absolute Gasteiger partial charge is 0.393 e. The first-order valence-corrected chi connectivity index (χ1v) is 6.06. The van der Waals surface area contributed by atoms with Crippen LogP contribution in [0.1, 0.15) is 23.2 Å². The Morgan fingerprint density at radius 2 is 2.21 bits per heavy atom. The summed E-state index contributed by atoms with van der Waals surface area (Å²) in [7, 11) is 0. The van der Waals surface area contributed by atoms with E-state index in [1.165, 1.54) is 18.2 Å². The molecule has 2 rings (SSSR count). The van der Waals surface area contributed by atoms with Gasteiger partial charge in [0.1, 0.15) is 5.69 Å². The second-order valence-electron chi connectivity index (χ2n) is 4.74. The Balaban J connectivity index is 2.02. The van der Waals surface area contributed by atoms with Crippen LogP contribution in [0.2, 0.25) is 0 Å². The normalized spacial score (nSPS) is 15.8. The summed E-state index contributed by atoms with van der Waals surface area (Å²) in [4.78, 5) is 22.0. The fourth-order valence-corrected chi connectivity index (χ4v) is 1.85. The van der Waals surface area contributed by atoms with Gasteiger partial charge in [-0.25, -0.2) is 0 Å². The summed E-state index contributed by atoms with van der Waals surface area (Å²) in [6.45, 7) is 0.377. The molecule has 7 nitrogen and oxygen atoms in total. The highest BCUT2D eigenvalue weighted by Crippen LogP contribution is 2.31. The average molecular weight is 264 g/mol. The van der Waals surface area contributed by atoms with Crippen molar-refractivity contribution in [2.75, 3.05) is 12.3 Å². The Kier molecular flexibility index (Phi) is 3.66. The summed E-state index contributed by atoms with van der Waals surface area (Å²) < 4.78 is 0. The van der Waals surface area contributed by atoms with E-state index in [0.717, 1.165) is 12.8 Å². The monoisotopic (exact) mass is 264 g/mol. The van der Waals surface area contributed by atoms with E-state index >= 15 is 0 Å². The number of amides is 1. The molecule has 0 saturated heterocycles. The van der Waals surface area contributed by atoms with Crippen LogP contribution in [0, 0.1) is 16.0 Å². The molecule has 1 atom stereocenters. The fourth-order valence-electron chi connectivity index (χ4n) is 1.85. The minimum absolute atomic E-state index is 0.0382. The molecule has 0 spiro atoms. The third kappa shape index (κ3) is 3.19. The predicted molar refractivity (Wildman–Crippen MR) is 70.5 cm³/mol. The van der Waals surface area contributed by atoms with Crippen molar-refractivity contribution >= 4 is 17.3 Å². The highest BCUT2D eigenvalue weighted by atomic mass is 16.6. The van der Waals surface area contributed by atoms with Gasteiger partial charge < -0.3 is 16.8 Å². The first-order valence-electron chi connectivity index (χ1n) is 6.06. The number of nitrogen functional groups attached to an aromatic ring is 1. The summed E-state index contributed by atoms with van der Waals surface area (Å²) in [5.74, 6) is 0.111. The molecule has 7 heteroatoms. The van der Waals surface area contributed by atoms with Crippen molar-refractivity contribution in [1.29, 1.82) is 0 Å². The maximum atomic E-state index is 11.8. The number of nitrogens with two attached hydrogens (primary N) is 2. The van der Waals surface area contributed by atoms with Crippen LogP contribution in [-0.2, 0) is 0 Å². The summed E-state index contributed by atoms with van der Waals surface area (Å²) in [5, 5.41) is 13.4. The van der Waals surface area contributed by atoms with Gasteiger partial charge in [-0.15, -0.1) is 0 Å². The van der Waals surface area contributed by atoms with Gasteiger partial charge in [-0.1, -0.05) is 0 Å². The molecule has 1 aromatic rings. The van der Waals surface area contributed by atoms with Gasteiger partial charge in [0.2, 0.25) is 0 Å². The summed E-state index contributed by atoms with van der Waals surface area (Å²) in [6.07, 6.45) is 2.20. The molecule has 1 aromatic carbocycles. The molecular weight excluding hydrogens is 248 g/mol. The number of hydrogen-bond donors (Lipinski definition) is 3. The highest BCUT2D eigenvalue weighted by molar-refractivity contribution is 5.95. The lowest BCUT2D eigenvalue weighted by Crippen LogP contribution is -2.38. The van der Waals surface area contributed by atoms with E-state index in [0.29, 0.717) is 12.5 Å². The minimum atomic E-state index is -0.609. The van der Waals surface area contributed by atoms with Crippen LogP contribution in [0.15, 0.2) is 18.2 Å². The van der Waals surface area contributed by atoms with E-state index in [9.17, 15) is 14.9 Å². The lowest BCUT2D eigenvalue weighted by atomic mass is 10.1. The molecule has 1 unspecified atom stereocenters. The number of nitro groups is 1. The van der Waals surface area contributed by atoms with E-state index < -0.39 is 4.92 Å². The lowest BCUT2D eigenvalue weighted by Gasteiger charge is -2.11. The Bertz CT molecular complexity index is 514. The Labute approximate surface area is 110 Å². The fraction of sp³-hybridized carbons (Fsp3) is 0.417. The number of rotatable bonds is 5. The van der Waals surface area contributed by atoms with Crippen LogP contribution in [0.25, 0.3) is 0 Å². The number of hydrogen-bond acceptors (Lipinski definition) is 5. The number of nitrogens with zero attached hydrogens (tertiary/aromatic N) is 1. The SMILES string of the molecule is Nc1ccc(C(=O)NCC(N)C2CC2)cc1[N+](=O)[O-]. The van der Waals surface area contributed by atoms with Crippen LogP contribution in [0.5, 0.6) is 0 Å². The van der Waals surface area contributed by atoms with Crippen molar-refractivity contribution in [3.8, 4) is 0 Å². The van der Waals surface area contributed by atoms with Gasteiger partial charge in [0.15, 0.2) is 0 Å². The van der Waals surface area contributed by atoms with E-state index in [1.54, 1.807) is 0 Å². The van der Waals surface area contributed by atoms with Crippen molar-refractivity contribution in [3.05, 3.63) is 33.9 Å². The third-order valence-electron chi connectivity index (χ3n) is 3.22. The van der Waals surface area contributed by atoms with Crippen LogP contribution >= 0.6 is 0 Å². The van der Waals surface area contributed by atoms with Crippen molar-refractivity contribution in [3.63, 3.8) is 0 Å². The number of nitro benzene ring substituents is 1. The van der Waals surface area contributed by atoms with Gasteiger partial charge in [-0.05, 0) is 30.9 Å². The smallest absolute Gasteiger partial charge is 0.292 e. The van der Waals surface area contributed by atoms with Crippen LogP contribution in [0.3, 0.4) is 0 Å². The Morgan fingerprint density at radius 1 is 1.53 bits per heavy atom. The van der Waals surface area contributed by atoms with Crippen LogP contribution in [0.4, 0.5) is 11.4 Å². The Hall–Kier alpha value is -2.15. The van der Waals surface area contributed by atoms with Gasteiger partial charge in [0.05, 0.1) is 4.92 Å². The first kappa shape index (κ1) is 13.3. The molecule has 1 aliphatic rings. The lowest BCUT2D eigenvalue weighted by molar-refractivity contribution is -0.383. The van der Waals surface area contributed by atoms with Gasteiger partial charge in [-0.3, -0.25) is 14.9 Å². The van der Waals surface area contributed by atoms with E-state index in [4.69, 9.17) is 11.5 Å². The summed E-state index contributed by atoms with van der Waals surface area (Å²) in [5.41, 5.74) is 11.3. The topological polar surface area (TPSA) is 124 Å². The van der Waals surface area contributed by atoms with Crippen molar-refractivity contribution in [2.24, 2.45) is 11.7 Å². The van der Waals surface area contributed by atoms with Crippen molar-refractivity contribution < 1.29 is 9.72 Å². The second-order valence-corrected chi connectivity index (χ2v) is 4.74. The summed E-state index contributed by atoms with van der Waals surface area (Å²) in [6, 6.07) is 3.94. The molecular formula is C12H16N4O3. The van der Waals surface area contributed by atoms with Gasteiger partial charge in [0.25, 0.3) is 11.6 Å². The van der Waals surface area contributed by atoms with Gasteiger partial charge >= 0.3 is 0 Å². The molecule has 0 aliphatic heterocycles. The van der Waals surface area contributed by atoms with E-state index in [-0.39, 0.29) is 28.9 Å². The maximum absolute atomic E-state index is 11.8. The number of anilines is 1. The molecule has 0 radical (unpaired) electrons. The molecule has 19 heavy (non-hydrogen) atoms. The average Bonchev–Trinajstić information content (AvgIpc) is 3.20. The molecule has 5 N–H and O–H groups in total. The maximum Gasteiger partial charge on any atom is 0.292 e. The zero-order valence-electron chi connectivity index (χ0n) is 10.3. The quantitative estimate of drug-likeness (QED) is 0.409. The van der Waals surface area contributed by atoms with Crippen molar-refractivity contribution in [2.45, 2.75) is 18.9 Å². The molecule has 1 amide bonds. The van der Waals surface area contributed by atoms with Crippen molar-refractivity contribution in [1.82, 2.24) is 5.32 Å². The second kappa shape index (κ2) is 5.23.